The number of benzene rings is 1. The van der Waals surface area contributed by atoms with E-state index in [0.29, 0.717) is 0 Å². The number of nitrogens with one attached hydrogen (secondary N) is 1. The third-order valence-corrected chi connectivity index (χ3v) is 3.49. The van der Waals surface area contributed by atoms with Gasteiger partial charge < -0.3 is 10.1 Å². The molecule has 0 saturated carbocycles. The Hall–Kier alpha value is -1.93. The summed E-state index contributed by atoms with van der Waals surface area (Å²) >= 11 is 1.39. The van der Waals surface area contributed by atoms with E-state index in [0.717, 1.165) is 10.5 Å². The largest absolute Gasteiger partial charge is 0.455 e. The van der Waals surface area contributed by atoms with E-state index in [2.05, 4.69) is 11.2 Å². The molecule has 0 spiro atoms. The minimum Gasteiger partial charge on any atom is -0.455 e. The van der Waals surface area contributed by atoms with Gasteiger partial charge in [-0.2, -0.15) is 0 Å². The maximum atomic E-state index is 11.7. The molecule has 0 saturated heterocycles. The first-order valence-electron chi connectivity index (χ1n) is 6.13. The summed E-state index contributed by atoms with van der Waals surface area (Å²) in [6.07, 6.45) is 5.00. The van der Waals surface area contributed by atoms with Crippen LogP contribution in [-0.4, -0.2) is 30.3 Å². The van der Waals surface area contributed by atoms with Crippen LogP contribution >= 0.6 is 11.8 Å². The minimum atomic E-state index is -0.425. The van der Waals surface area contributed by atoms with Crippen molar-refractivity contribution in [3.05, 3.63) is 29.8 Å². The summed E-state index contributed by atoms with van der Waals surface area (Å²) in [5.74, 6) is 1.45. The van der Waals surface area contributed by atoms with Crippen LogP contribution < -0.4 is 5.32 Å². The Labute approximate surface area is 123 Å². The summed E-state index contributed by atoms with van der Waals surface area (Å²) in [5, 5.41) is 2.05. The third-order valence-electron chi connectivity index (χ3n) is 2.40. The monoisotopic (exact) mass is 291 g/mol. The molecule has 0 fully saturated rings. The van der Waals surface area contributed by atoms with Gasteiger partial charge in [-0.15, -0.1) is 18.2 Å². The molecular formula is C15H17NO3S. The average molecular weight is 291 g/mol. The first-order chi connectivity index (χ1) is 9.52. The number of esters is 1. The standard InChI is InChI=1S/C15H17NO3S/c1-4-9-16-14(17)10-19-15(18)12(3)20-13-7-5-11(2)6-8-13/h1,5-8,12H,9-10H2,2-3H3,(H,16,17)/t12-/m1/s1. The van der Waals surface area contributed by atoms with Crippen LogP contribution in [-0.2, 0) is 14.3 Å². The highest BCUT2D eigenvalue weighted by Crippen LogP contribution is 2.24. The van der Waals surface area contributed by atoms with Crippen LogP contribution in [0.3, 0.4) is 0 Å². The number of rotatable bonds is 6. The van der Waals surface area contributed by atoms with Crippen molar-refractivity contribution in [2.24, 2.45) is 0 Å². The molecule has 0 radical (unpaired) electrons. The van der Waals surface area contributed by atoms with E-state index >= 15 is 0 Å². The van der Waals surface area contributed by atoms with E-state index in [1.54, 1.807) is 6.92 Å². The molecule has 1 N–H and O–H groups in total. The molecule has 0 unspecified atom stereocenters. The van der Waals surface area contributed by atoms with E-state index in [1.165, 1.54) is 11.8 Å². The van der Waals surface area contributed by atoms with Crippen molar-refractivity contribution < 1.29 is 14.3 Å². The molecule has 0 heterocycles. The molecule has 0 aromatic heterocycles. The van der Waals surface area contributed by atoms with Gasteiger partial charge in [-0.25, -0.2) is 0 Å². The van der Waals surface area contributed by atoms with Crippen LogP contribution in [0.5, 0.6) is 0 Å². The average Bonchev–Trinajstić information content (AvgIpc) is 2.44. The van der Waals surface area contributed by atoms with Gasteiger partial charge in [-0.3, -0.25) is 9.59 Å². The van der Waals surface area contributed by atoms with Crippen molar-refractivity contribution in [3.8, 4) is 12.3 Å². The molecule has 1 aromatic carbocycles. The van der Waals surface area contributed by atoms with E-state index in [9.17, 15) is 9.59 Å². The molecule has 0 aliphatic heterocycles. The fraction of sp³-hybridized carbons (Fsp3) is 0.333. The Morgan fingerprint density at radius 3 is 2.65 bits per heavy atom. The van der Waals surface area contributed by atoms with E-state index in [-0.39, 0.29) is 18.4 Å². The highest BCUT2D eigenvalue weighted by atomic mass is 32.2. The van der Waals surface area contributed by atoms with Crippen molar-refractivity contribution in [1.82, 2.24) is 5.32 Å². The molecule has 1 atom stereocenters. The van der Waals surface area contributed by atoms with Crippen LogP contribution in [0, 0.1) is 19.3 Å². The number of hydrogen-bond acceptors (Lipinski definition) is 4. The zero-order valence-electron chi connectivity index (χ0n) is 11.5. The van der Waals surface area contributed by atoms with Crippen LogP contribution in [0.2, 0.25) is 0 Å². The molecular weight excluding hydrogens is 274 g/mol. The predicted octanol–water partition coefficient (Wildman–Crippen LogP) is 1.77. The normalized spacial score (nSPS) is 11.2. The lowest BCUT2D eigenvalue weighted by atomic mass is 10.2. The lowest BCUT2D eigenvalue weighted by Crippen LogP contribution is -2.30. The molecule has 4 nitrogen and oxygen atoms in total. The molecule has 1 aromatic rings. The fourth-order valence-corrected chi connectivity index (χ4v) is 2.19. The van der Waals surface area contributed by atoms with Gasteiger partial charge >= 0.3 is 5.97 Å². The Bertz CT molecular complexity index is 505. The summed E-state index contributed by atoms with van der Waals surface area (Å²) < 4.78 is 4.92. The quantitative estimate of drug-likeness (QED) is 0.493. The maximum absolute atomic E-state index is 11.7. The number of hydrogen-bond donors (Lipinski definition) is 1. The Morgan fingerprint density at radius 2 is 2.05 bits per heavy atom. The van der Waals surface area contributed by atoms with Crippen molar-refractivity contribution in [1.29, 1.82) is 0 Å². The molecule has 0 aliphatic rings. The van der Waals surface area contributed by atoms with Gasteiger partial charge in [0.2, 0.25) is 0 Å². The maximum Gasteiger partial charge on any atom is 0.319 e. The van der Waals surface area contributed by atoms with Crippen LogP contribution in [0.1, 0.15) is 12.5 Å². The Kier molecular flexibility index (Phi) is 6.68. The number of aryl methyl sites for hydroxylation is 1. The molecule has 106 valence electrons. The zero-order valence-corrected chi connectivity index (χ0v) is 12.3. The zero-order chi connectivity index (χ0) is 15.0. The first kappa shape index (κ1) is 16.1. The van der Waals surface area contributed by atoms with Gasteiger partial charge in [0, 0.05) is 4.90 Å². The SMILES string of the molecule is C#CCNC(=O)COC(=O)[C@@H](C)Sc1ccc(C)cc1. The molecule has 1 rings (SSSR count). The van der Waals surface area contributed by atoms with Crippen LogP contribution in [0.4, 0.5) is 0 Å². The van der Waals surface area contributed by atoms with Gasteiger partial charge in [0.25, 0.3) is 5.91 Å². The minimum absolute atomic E-state index is 0.129. The lowest BCUT2D eigenvalue weighted by Gasteiger charge is -2.11. The summed E-state index contributed by atoms with van der Waals surface area (Å²) in [6, 6.07) is 7.86. The number of carbonyl (C=O) groups excluding carboxylic acids is 2. The molecule has 1 amide bonds. The molecule has 20 heavy (non-hydrogen) atoms. The van der Waals surface area contributed by atoms with Crippen LogP contribution in [0.25, 0.3) is 0 Å². The smallest absolute Gasteiger partial charge is 0.319 e. The third kappa shape index (κ3) is 5.81. The summed E-state index contributed by atoms with van der Waals surface area (Å²) in [6.45, 7) is 3.57. The number of thioether (sulfide) groups is 1. The Morgan fingerprint density at radius 1 is 1.40 bits per heavy atom. The predicted molar refractivity (Wildman–Crippen MR) is 79.3 cm³/mol. The highest BCUT2D eigenvalue weighted by molar-refractivity contribution is 8.00. The summed E-state index contributed by atoms with van der Waals surface area (Å²) in [4.78, 5) is 23.9. The second kappa shape index (κ2) is 8.28. The second-order valence-electron chi connectivity index (χ2n) is 4.16. The topological polar surface area (TPSA) is 55.4 Å². The van der Waals surface area contributed by atoms with E-state index in [1.807, 2.05) is 31.2 Å². The van der Waals surface area contributed by atoms with Crippen molar-refractivity contribution in [2.75, 3.05) is 13.2 Å². The molecule has 5 heteroatoms. The lowest BCUT2D eigenvalue weighted by molar-refractivity contribution is -0.147. The second-order valence-corrected chi connectivity index (χ2v) is 5.58. The number of carbonyl (C=O) groups is 2. The molecule has 0 aliphatic carbocycles. The number of amides is 1. The van der Waals surface area contributed by atoms with Crippen LogP contribution in [0.15, 0.2) is 29.2 Å². The van der Waals surface area contributed by atoms with Gasteiger partial charge in [0.05, 0.1) is 6.54 Å². The highest BCUT2D eigenvalue weighted by Gasteiger charge is 2.17. The van der Waals surface area contributed by atoms with Crippen molar-refractivity contribution in [3.63, 3.8) is 0 Å². The molecule has 0 bridgehead atoms. The number of terminal acetylenes is 1. The Balaban J connectivity index is 2.37. The van der Waals surface area contributed by atoms with Crippen molar-refractivity contribution in [2.45, 2.75) is 24.0 Å². The van der Waals surface area contributed by atoms with Gasteiger partial charge in [0.1, 0.15) is 5.25 Å². The van der Waals surface area contributed by atoms with Crippen molar-refractivity contribution >= 4 is 23.6 Å². The van der Waals surface area contributed by atoms with Gasteiger partial charge in [-0.1, -0.05) is 23.6 Å². The summed E-state index contributed by atoms with van der Waals surface area (Å²) in [5.41, 5.74) is 1.16. The fourth-order valence-electron chi connectivity index (χ4n) is 1.32. The van der Waals surface area contributed by atoms with E-state index < -0.39 is 11.9 Å². The van der Waals surface area contributed by atoms with Gasteiger partial charge in [-0.05, 0) is 26.0 Å². The van der Waals surface area contributed by atoms with E-state index in [4.69, 9.17) is 11.2 Å². The summed E-state index contributed by atoms with van der Waals surface area (Å²) in [7, 11) is 0. The first-order valence-corrected chi connectivity index (χ1v) is 7.01. The number of ether oxygens (including phenoxy) is 1. The van der Waals surface area contributed by atoms with Gasteiger partial charge in [0.15, 0.2) is 6.61 Å².